The maximum Gasteiger partial charge on any atom is 0.161 e. The minimum absolute atomic E-state index is 0.0491. The van der Waals surface area contributed by atoms with Crippen LogP contribution in [0, 0.1) is 6.92 Å². The van der Waals surface area contributed by atoms with Crippen molar-refractivity contribution < 1.29 is 10.2 Å². The van der Waals surface area contributed by atoms with Crippen LogP contribution >= 0.6 is 0 Å². The van der Waals surface area contributed by atoms with E-state index in [4.69, 9.17) is 0 Å². The van der Waals surface area contributed by atoms with Crippen molar-refractivity contribution in [3.8, 4) is 11.5 Å². The van der Waals surface area contributed by atoms with Crippen LogP contribution in [0.5, 0.6) is 11.5 Å². The second kappa shape index (κ2) is 5.76. The number of hydrogen-bond acceptors (Lipinski definition) is 3. The van der Waals surface area contributed by atoms with Gasteiger partial charge in [-0.15, -0.1) is 0 Å². The smallest absolute Gasteiger partial charge is 0.161 e. The van der Waals surface area contributed by atoms with Gasteiger partial charge in [0, 0.05) is 18.2 Å². The number of hydrogen-bond donors (Lipinski definition) is 3. The Hall–Kier alpha value is -2.00. The Morgan fingerprint density at radius 1 is 1.05 bits per heavy atom. The molecule has 0 amide bonds. The summed E-state index contributed by atoms with van der Waals surface area (Å²) in [7, 11) is 0. The first-order valence-electron chi connectivity index (χ1n) is 6.38. The van der Waals surface area contributed by atoms with Crippen LogP contribution in [0.3, 0.4) is 0 Å². The van der Waals surface area contributed by atoms with Gasteiger partial charge in [0.05, 0.1) is 0 Å². The van der Waals surface area contributed by atoms with E-state index >= 15 is 0 Å². The molecule has 0 aliphatic rings. The lowest BCUT2D eigenvalue weighted by Crippen LogP contribution is -2.18. The summed E-state index contributed by atoms with van der Waals surface area (Å²) in [6.45, 7) is 4.68. The highest BCUT2D eigenvalue weighted by atomic mass is 16.3. The van der Waals surface area contributed by atoms with Gasteiger partial charge in [-0.1, -0.05) is 36.4 Å². The van der Waals surface area contributed by atoms with Crippen LogP contribution in [0.15, 0.2) is 42.5 Å². The zero-order valence-electron chi connectivity index (χ0n) is 11.2. The van der Waals surface area contributed by atoms with Gasteiger partial charge in [0.2, 0.25) is 0 Å². The van der Waals surface area contributed by atoms with E-state index in [9.17, 15) is 10.2 Å². The van der Waals surface area contributed by atoms with Crippen LogP contribution in [0.4, 0.5) is 0 Å². The summed E-state index contributed by atoms with van der Waals surface area (Å²) >= 11 is 0. The summed E-state index contributed by atoms with van der Waals surface area (Å²) < 4.78 is 0. The molecule has 0 radical (unpaired) electrons. The summed E-state index contributed by atoms with van der Waals surface area (Å²) in [4.78, 5) is 0. The first kappa shape index (κ1) is 13.4. The number of aromatic hydroxyl groups is 2. The molecule has 100 valence electrons. The fourth-order valence-electron chi connectivity index (χ4n) is 2.17. The van der Waals surface area contributed by atoms with Crippen molar-refractivity contribution >= 4 is 0 Å². The largest absolute Gasteiger partial charge is 0.504 e. The molecule has 0 fully saturated rings. The SMILES string of the molecule is Cc1ccccc1C(C)NCc1cccc(O)c1O. The highest BCUT2D eigenvalue weighted by Gasteiger charge is 2.10. The molecule has 0 bridgehead atoms. The Labute approximate surface area is 113 Å². The normalized spacial score (nSPS) is 12.3. The van der Waals surface area contributed by atoms with Gasteiger partial charge in [0.15, 0.2) is 11.5 Å². The van der Waals surface area contributed by atoms with E-state index in [1.54, 1.807) is 12.1 Å². The molecule has 0 spiro atoms. The number of nitrogens with one attached hydrogen (secondary N) is 1. The fourth-order valence-corrected chi connectivity index (χ4v) is 2.17. The quantitative estimate of drug-likeness (QED) is 0.737. The number of para-hydroxylation sites is 1. The zero-order valence-corrected chi connectivity index (χ0v) is 11.2. The first-order valence-corrected chi connectivity index (χ1v) is 6.38. The first-order chi connectivity index (χ1) is 9.09. The van der Waals surface area contributed by atoms with E-state index in [2.05, 4.69) is 31.3 Å². The zero-order chi connectivity index (χ0) is 13.8. The van der Waals surface area contributed by atoms with Crippen LogP contribution in [0.2, 0.25) is 0 Å². The second-order valence-corrected chi connectivity index (χ2v) is 4.74. The third-order valence-corrected chi connectivity index (χ3v) is 3.35. The van der Waals surface area contributed by atoms with E-state index in [0.29, 0.717) is 12.1 Å². The second-order valence-electron chi connectivity index (χ2n) is 4.74. The van der Waals surface area contributed by atoms with Gasteiger partial charge in [-0.05, 0) is 31.0 Å². The Morgan fingerprint density at radius 2 is 1.79 bits per heavy atom. The molecular weight excluding hydrogens is 238 g/mol. The topological polar surface area (TPSA) is 52.5 Å². The van der Waals surface area contributed by atoms with Crippen molar-refractivity contribution in [2.45, 2.75) is 26.4 Å². The van der Waals surface area contributed by atoms with E-state index in [1.807, 2.05) is 12.1 Å². The molecule has 0 aliphatic heterocycles. The molecule has 0 heterocycles. The molecule has 3 heteroatoms. The number of rotatable bonds is 4. The van der Waals surface area contributed by atoms with E-state index in [1.165, 1.54) is 17.2 Å². The molecule has 3 N–H and O–H groups in total. The fraction of sp³-hybridized carbons (Fsp3) is 0.250. The number of phenolic OH excluding ortho intramolecular Hbond substituents is 2. The summed E-state index contributed by atoms with van der Waals surface area (Å²) in [6, 6.07) is 13.4. The Bertz CT molecular complexity index is 566. The van der Waals surface area contributed by atoms with Crippen molar-refractivity contribution in [2.24, 2.45) is 0 Å². The Kier molecular flexibility index (Phi) is 4.07. The molecule has 2 aromatic carbocycles. The van der Waals surface area contributed by atoms with Crippen LogP contribution in [0.1, 0.15) is 29.7 Å². The highest BCUT2D eigenvalue weighted by molar-refractivity contribution is 5.44. The van der Waals surface area contributed by atoms with Gasteiger partial charge >= 0.3 is 0 Å². The summed E-state index contributed by atoms with van der Waals surface area (Å²) in [5.74, 6) is -0.130. The van der Waals surface area contributed by atoms with Crippen molar-refractivity contribution in [3.05, 3.63) is 59.2 Å². The lowest BCUT2D eigenvalue weighted by molar-refractivity contribution is 0.396. The van der Waals surface area contributed by atoms with Crippen LogP contribution in [0.25, 0.3) is 0 Å². The maximum atomic E-state index is 9.75. The molecule has 0 saturated heterocycles. The summed E-state index contributed by atoms with van der Waals surface area (Å²) in [5, 5.41) is 22.5. The van der Waals surface area contributed by atoms with Gasteiger partial charge in [-0.2, -0.15) is 0 Å². The van der Waals surface area contributed by atoms with Crippen LogP contribution in [-0.4, -0.2) is 10.2 Å². The third kappa shape index (κ3) is 3.06. The predicted molar refractivity (Wildman–Crippen MR) is 76.2 cm³/mol. The molecule has 2 aromatic rings. The van der Waals surface area contributed by atoms with Crippen LogP contribution in [-0.2, 0) is 6.54 Å². The molecule has 0 aromatic heterocycles. The number of phenols is 2. The maximum absolute atomic E-state index is 9.75. The highest BCUT2D eigenvalue weighted by Crippen LogP contribution is 2.28. The average Bonchev–Trinajstić information content (AvgIpc) is 2.40. The van der Waals surface area contributed by atoms with Gasteiger partial charge < -0.3 is 15.5 Å². The minimum atomic E-state index is -0.0807. The summed E-state index contributed by atoms with van der Waals surface area (Å²) in [6.07, 6.45) is 0. The third-order valence-electron chi connectivity index (χ3n) is 3.35. The van der Waals surface area contributed by atoms with Crippen molar-refractivity contribution in [1.82, 2.24) is 5.32 Å². The number of benzene rings is 2. The molecule has 0 saturated carbocycles. The van der Waals surface area contributed by atoms with Gasteiger partial charge in [-0.3, -0.25) is 0 Å². The van der Waals surface area contributed by atoms with Crippen molar-refractivity contribution in [2.75, 3.05) is 0 Å². The monoisotopic (exact) mass is 257 g/mol. The summed E-state index contributed by atoms with van der Waals surface area (Å²) in [5.41, 5.74) is 3.17. The Balaban J connectivity index is 2.07. The predicted octanol–water partition coefficient (Wildman–Crippen LogP) is 3.26. The molecule has 0 aliphatic carbocycles. The lowest BCUT2D eigenvalue weighted by atomic mass is 10.0. The molecule has 19 heavy (non-hydrogen) atoms. The van der Waals surface area contributed by atoms with E-state index in [0.717, 1.165) is 0 Å². The number of aryl methyl sites for hydroxylation is 1. The molecule has 2 rings (SSSR count). The lowest BCUT2D eigenvalue weighted by Gasteiger charge is -2.17. The van der Waals surface area contributed by atoms with Gasteiger partial charge in [0.1, 0.15) is 0 Å². The van der Waals surface area contributed by atoms with Crippen molar-refractivity contribution in [1.29, 1.82) is 0 Å². The average molecular weight is 257 g/mol. The standard InChI is InChI=1S/C16H19NO2/c1-11-6-3-4-8-14(11)12(2)17-10-13-7-5-9-15(18)16(13)19/h3-9,12,17-19H,10H2,1-2H3. The molecular formula is C16H19NO2. The minimum Gasteiger partial charge on any atom is -0.504 e. The Morgan fingerprint density at radius 3 is 2.53 bits per heavy atom. The molecule has 3 nitrogen and oxygen atoms in total. The van der Waals surface area contributed by atoms with Gasteiger partial charge in [-0.25, -0.2) is 0 Å². The molecule has 1 unspecified atom stereocenters. The van der Waals surface area contributed by atoms with E-state index < -0.39 is 0 Å². The van der Waals surface area contributed by atoms with Crippen LogP contribution < -0.4 is 5.32 Å². The molecule has 1 atom stereocenters. The van der Waals surface area contributed by atoms with Crippen molar-refractivity contribution in [3.63, 3.8) is 0 Å². The van der Waals surface area contributed by atoms with Gasteiger partial charge in [0.25, 0.3) is 0 Å². The van der Waals surface area contributed by atoms with E-state index in [-0.39, 0.29) is 17.5 Å².